The zero-order valence-electron chi connectivity index (χ0n) is 9.89. The lowest BCUT2D eigenvalue weighted by atomic mass is 10.1. The summed E-state index contributed by atoms with van der Waals surface area (Å²) in [5.74, 6) is 0.790. The number of aromatic nitrogens is 1. The third-order valence-corrected chi connectivity index (χ3v) is 2.55. The summed E-state index contributed by atoms with van der Waals surface area (Å²) in [4.78, 5) is 4.18. The Morgan fingerprint density at radius 2 is 1.76 bits per heavy atom. The maximum atomic E-state index is 5.63. The molecule has 2 rings (SSSR count). The van der Waals surface area contributed by atoms with Gasteiger partial charge < -0.3 is 10.5 Å². The Kier molecular flexibility index (Phi) is 3.73. The molecule has 0 saturated heterocycles. The number of rotatable bonds is 4. The highest BCUT2D eigenvalue weighted by Crippen LogP contribution is 2.12. The van der Waals surface area contributed by atoms with Crippen molar-refractivity contribution in [3.05, 3.63) is 59.4 Å². The van der Waals surface area contributed by atoms with E-state index in [0.29, 0.717) is 13.2 Å². The van der Waals surface area contributed by atoms with Crippen LogP contribution in [-0.2, 0) is 13.2 Å². The lowest BCUT2D eigenvalue weighted by Crippen LogP contribution is -1.98. The lowest BCUT2D eigenvalue weighted by molar-refractivity contribution is 0.305. The monoisotopic (exact) mass is 228 g/mol. The molecule has 0 atom stereocenters. The molecule has 2 aromatic rings. The maximum Gasteiger partial charge on any atom is 0.138 e. The highest BCUT2D eigenvalue weighted by Gasteiger charge is 1.97. The van der Waals surface area contributed by atoms with Crippen LogP contribution >= 0.6 is 0 Å². The minimum atomic E-state index is 0.551. The topological polar surface area (TPSA) is 48.1 Å². The van der Waals surface area contributed by atoms with Gasteiger partial charge in [0.15, 0.2) is 0 Å². The predicted octanol–water partition coefficient (Wildman–Crippen LogP) is 2.43. The molecular formula is C14H16N2O. The number of nitrogens with two attached hydrogens (primary N) is 1. The maximum absolute atomic E-state index is 5.63. The molecule has 3 heteroatoms. The molecular weight excluding hydrogens is 212 g/mol. The molecule has 0 aliphatic heterocycles. The van der Waals surface area contributed by atoms with Gasteiger partial charge in [0.1, 0.15) is 12.4 Å². The Bertz CT molecular complexity index is 463. The van der Waals surface area contributed by atoms with Crippen molar-refractivity contribution in [2.24, 2.45) is 5.73 Å². The van der Waals surface area contributed by atoms with Gasteiger partial charge >= 0.3 is 0 Å². The zero-order chi connectivity index (χ0) is 12.1. The van der Waals surface area contributed by atoms with E-state index >= 15 is 0 Å². The van der Waals surface area contributed by atoms with Crippen molar-refractivity contribution in [2.75, 3.05) is 0 Å². The number of hydrogen-bond acceptors (Lipinski definition) is 3. The van der Waals surface area contributed by atoms with Gasteiger partial charge in [0.2, 0.25) is 0 Å². The highest BCUT2D eigenvalue weighted by atomic mass is 16.5. The van der Waals surface area contributed by atoms with Crippen molar-refractivity contribution in [3.63, 3.8) is 0 Å². The van der Waals surface area contributed by atoms with Crippen molar-refractivity contribution < 1.29 is 4.74 Å². The van der Waals surface area contributed by atoms with Crippen molar-refractivity contribution >= 4 is 0 Å². The van der Waals surface area contributed by atoms with Gasteiger partial charge in [-0.15, -0.1) is 0 Å². The first-order valence-electron chi connectivity index (χ1n) is 5.61. The van der Waals surface area contributed by atoms with Crippen LogP contribution in [0.2, 0.25) is 0 Å². The van der Waals surface area contributed by atoms with Crippen molar-refractivity contribution in [1.29, 1.82) is 0 Å². The van der Waals surface area contributed by atoms with Crippen molar-refractivity contribution in [2.45, 2.75) is 20.1 Å². The van der Waals surface area contributed by atoms with Gasteiger partial charge in [-0.3, -0.25) is 4.98 Å². The molecule has 88 valence electrons. The molecule has 0 unspecified atom stereocenters. The summed E-state index contributed by atoms with van der Waals surface area (Å²) in [5, 5.41) is 0. The SMILES string of the molecule is Cc1ccc(OCc2ccc(CN)cc2)cn1. The Morgan fingerprint density at radius 3 is 2.35 bits per heavy atom. The second-order valence-electron chi connectivity index (χ2n) is 3.94. The number of benzene rings is 1. The largest absolute Gasteiger partial charge is 0.487 e. The average Bonchev–Trinajstić information content (AvgIpc) is 2.39. The van der Waals surface area contributed by atoms with Crippen LogP contribution in [0.15, 0.2) is 42.6 Å². The minimum Gasteiger partial charge on any atom is -0.487 e. The molecule has 3 nitrogen and oxygen atoms in total. The standard InChI is InChI=1S/C14H16N2O/c1-11-2-7-14(9-16-11)17-10-13-5-3-12(8-15)4-6-13/h2-7,9H,8,10,15H2,1H3. The number of aryl methyl sites for hydroxylation is 1. The van der Waals surface area contributed by atoms with Crippen molar-refractivity contribution in [3.8, 4) is 5.75 Å². The van der Waals surface area contributed by atoms with Gasteiger partial charge in [0.25, 0.3) is 0 Å². The third kappa shape index (κ3) is 3.29. The van der Waals surface area contributed by atoms with E-state index in [1.54, 1.807) is 6.20 Å². The molecule has 0 aliphatic carbocycles. The van der Waals surface area contributed by atoms with E-state index in [-0.39, 0.29) is 0 Å². The fourth-order valence-electron chi connectivity index (χ4n) is 1.48. The Balaban J connectivity index is 1.95. The quantitative estimate of drug-likeness (QED) is 0.874. The molecule has 2 N–H and O–H groups in total. The van der Waals surface area contributed by atoms with Crippen LogP contribution in [0.3, 0.4) is 0 Å². The molecule has 17 heavy (non-hydrogen) atoms. The molecule has 1 heterocycles. The molecule has 1 aromatic heterocycles. The van der Waals surface area contributed by atoms with Gasteiger partial charge in [0.05, 0.1) is 6.20 Å². The molecule has 0 radical (unpaired) electrons. The second kappa shape index (κ2) is 5.46. The minimum absolute atomic E-state index is 0.551. The summed E-state index contributed by atoms with van der Waals surface area (Å²) in [6.45, 7) is 3.08. The first-order chi connectivity index (χ1) is 8.28. The van der Waals surface area contributed by atoms with Crippen molar-refractivity contribution in [1.82, 2.24) is 4.98 Å². The van der Waals surface area contributed by atoms with E-state index in [4.69, 9.17) is 10.5 Å². The van der Waals surface area contributed by atoms with E-state index in [1.807, 2.05) is 43.3 Å². The number of hydrogen-bond donors (Lipinski definition) is 1. The van der Waals surface area contributed by atoms with E-state index in [2.05, 4.69) is 4.98 Å². The molecule has 0 bridgehead atoms. The fourth-order valence-corrected chi connectivity index (χ4v) is 1.48. The summed E-state index contributed by atoms with van der Waals surface area (Å²) in [6.07, 6.45) is 1.74. The van der Waals surface area contributed by atoms with Gasteiger partial charge in [-0.2, -0.15) is 0 Å². The van der Waals surface area contributed by atoms with Gasteiger partial charge in [-0.1, -0.05) is 24.3 Å². The molecule has 0 amide bonds. The van der Waals surface area contributed by atoms with Gasteiger partial charge in [0, 0.05) is 12.2 Å². The van der Waals surface area contributed by atoms with Crippen LogP contribution in [0, 0.1) is 6.92 Å². The van der Waals surface area contributed by atoms with E-state index in [1.165, 1.54) is 0 Å². The summed E-state index contributed by atoms with van der Waals surface area (Å²) in [5.41, 5.74) is 8.79. The summed E-state index contributed by atoms with van der Waals surface area (Å²) in [6, 6.07) is 12.0. The Morgan fingerprint density at radius 1 is 1.06 bits per heavy atom. The fraction of sp³-hybridized carbons (Fsp3) is 0.214. The summed E-state index contributed by atoms with van der Waals surface area (Å²) < 4.78 is 5.63. The van der Waals surface area contributed by atoms with Crippen LogP contribution < -0.4 is 10.5 Å². The van der Waals surface area contributed by atoms with Crippen LogP contribution in [0.5, 0.6) is 5.75 Å². The number of nitrogens with zero attached hydrogens (tertiary/aromatic N) is 1. The first kappa shape index (κ1) is 11.6. The molecule has 0 fully saturated rings. The van der Waals surface area contributed by atoms with Gasteiger partial charge in [-0.05, 0) is 30.2 Å². The Labute approximate surface area is 101 Å². The van der Waals surface area contributed by atoms with Crippen LogP contribution in [-0.4, -0.2) is 4.98 Å². The molecule has 0 saturated carbocycles. The normalized spacial score (nSPS) is 10.2. The van der Waals surface area contributed by atoms with Gasteiger partial charge in [-0.25, -0.2) is 0 Å². The lowest BCUT2D eigenvalue weighted by Gasteiger charge is -2.06. The molecule has 0 spiro atoms. The summed E-state index contributed by atoms with van der Waals surface area (Å²) in [7, 11) is 0. The second-order valence-corrected chi connectivity index (χ2v) is 3.94. The van der Waals surface area contributed by atoms with E-state index < -0.39 is 0 Å². The highest BCUT2D eigenvalue weighted by molar-refractivity contribution is 5.23. The number of ether oxygens (including phenoxy) is 1. The predicted molar refractivity (Wildman–Crippen MR) is 67.6 cm³/mol. The average molecular weight is 228 g/mol. The van der Waals surface area contributed by atoms with E-state index in [0.717, 1.165) is 22.6 Å². The first-order valence-corrected chi connectivity index (χ1v) is 5.61. The van der Waals surface area contributed by atoms with Crippen LogP contribution in [0.25, 0.3) is 0 Å². The smallest absolute Gasteiger partial charge is 0.138 e. The third-order valence-electron chi connectivity index (χ3n) is 2.55. The molecule has 0 aliphatic rings. The summed E-state index contributed by atoms with van der Waals surface area (Å²) >= 11 is 0. The number of pyridine rings is 1. The van der Waals surface area contributed by atoms with Crippen LogP contribution in [0.4, 0.5) is 0 Å². The molecule has 1 aromatic carbocycles. The van der Waals surface area contributed by atoms with E-state index in [9.17, 15) is 0 Å². The Hall–Kier alpha value is -1.87. The van der Waals surface area contributed by atoms with Crippen LogP contribution in [0.1, 0.15) is 16.8 Å². The zero-order valence-corrected chi connectivity index (χ0v) is 9.89.